The standard InChI is InChI=1S/C13H21NO4/c1-7(2)13(16)12(14)11-9(15)5-8(17-3)6-10(11)18-4/h5-7,12-13,15-16H,14H2,1-4H3/t12-,13+/m1/s1. The highest BCUT2D eigenvalue weighted by Gasteiger charge is 2.26. The van der Waals surface area contributed by atoms with Gasteiger partial charge in [-0.2, -0.15) is 0 Å². The topological polar surface area (TPSA) is 84.9 Å². The van der Waals surface area contributed by atoms with Crippen LogP contribution in [0.5, 0.6) is 17.2 Å². The molecule has 0 aromatic heterocycles. The van der Waals surface area contributed by atoms with Crippen LogP contribution in [0.4, 0.5) is 0 Å². The fraction of sp³-hybridized carbons (Fsp3) is 0.538. The zero-order valence-corrected chi connectivity index (χ0v) is 11.2. The Kier molecular flexibility index (Phi) is 4.81. The molecular formula is C13H21NO4. The van der Waals surface area contributed by atoms with Crippen LogP contribution in [0.1, 0.15) is 25.5 Å². The minimum absolute atomic E-state index is 0.0220. The summed E-state index contributed by atoms with van der Waals surface area (Å²) in [5.41, 5.74) is 6.37. The van der Waals surface area contributed by atoms with Crippen LogP contribution >= 0.6 is 0 Å². The smallest absolute Gasteiger partial charge is 0.131 e. The number of aromatic hydroxyl groups is 1. The van der Waals surface area contributed by atoms with Crippen LogP contribution in [0.25, 0.3) is 0 Å². The number of rotatable bonds is 5. The van der Waals surface area contributed by atoms with E-state index < -0.39 is 12.1 Å². The van der Waals surface area contributed by atoms with Crippen LogP contribution in [-0.2, 0) is 0 Å². The highest BCUT2D eigenvalue weighted by atomic mass is 16.5. The molecule has 5 nitrogen and oxygen atoms in total. The third-order valence-electron chi connectivity index (χ3n) is 2.93. The molecule has 0 spiro atoms. The van der Waals surface area contributed by atoms with Gasteiger partial charge < -0.3 is 25.4 Å². The van der Waals surface area contributed by atoms with E-state index in [-0.39, 0.29) is 11.7 Å². The molecule has 102 valence electrons. The second-order valence-electron chi connectivity index (χ2n) is 4.52. The molecule has 0 aliphatic carbocycles. The summed E-state index contributed by atoms with van der Waals surface area (Å²) in [6.07, 6.45) is -0.766. The third kappa shape index (κ3) is 2.86. The van der Waals surface area contributed by atoms with Gasteiger partial charge in [-0.05, 0) is 5.92 Å². The number of nitrogens with two attached hydrogens (primary N) is 1. The Hall–Kier alpha value is -1.46. The molecule has 0 radical (unpaired) electrons. The summed E-state index contributed by atoms with van der Waals surface area (Å²) in [5.74, 6) is 0.808. The van der Waals surface area contributed by atoms with E-state index in [9.17, 15) is 10.2 Å². The maximum Gasteiger partial charge on any atom is 0.131 e. The summed E-state index contributed by atoms with van der Waals surface area (Å²) in [7, 11) is 2.98. The van der Waals surface area contributed by atoms with Crippen LogP contribution in [-0.4, -0.2) is 30.5 Å². The van der Waals surface area contributed by atoms with Crippen molar-refractivity contribution in [2.45, 2.75) is 26.0 Å². The summed E-state index contributed by atoms with van der Waals surface area (Å²) >= 11 is 0. The Morgan fingerprint density at radius 1 is 1.17 bits per heavy atom. The average molecular weight is 255 g/mol. The molecule has 0 amide bonds. The first-order chi connectivity index (χ1) is 8.42. The van der Waals surface area contributed by atoms with Gasteiger partial charge in [-0.3, -0.25) is 0 Å². The highest BCUT2D eigenvalue weighted by Crippen LogP contribution is 2.38. The first-order valence-corrected chi connectivity index (χ1v) is 5.80. The van der Waals surface area contributed by atoms with Crippen molar-refractivity contribution in [3.63, 3.8) is 0 Å². The Morgan fingerprint density at radius 2 is 1.78 bits per heavy atom. The Labute approximate surface area is 107 Å². The lowest BCUT2D eigenvalue weighted by molar-refractivity contribution is 0.0959. The van der Waals surface area contributed by atoms with E-state index in [1.807, 2.05) is 13.8 Å². The second-order valence-corrected chi connectivity index (χ2v) is 4.52. The molecule has 1 aromatic carbocycles. The van der Waals surface area contributed by atoms with Crippen LogP contribution in [0.15, 0.2) is 12.1 Å². The van der Waals surface area contributed by atoms with Gasteiger partial charge in [-0.15, -0.1) is 0 Å². The third-order valence-corrected chi connectivity index (χ3v) is 2.93. The monoisotopic (exact) mass is 255 g/mol. The molecule has 0 aliphatic heterocycles. The van der Waals surface area contributed by atoms with E-state index in [4.69, 9.17) is 15.2 Å². The zero-order valence-electron chi connectivity index (χ0n) is 11.2. The maximum atomic E-state index is 10.00. The lowest BCUT2D eigenvalue weighted by atomic mass is 9.93. The number of hydrogen-bond acceptors (Lipinski definition) is 5. The number of aliphatic hydroxyl groups is 1. The molecule has 0 fully saturated rings. The summed E-state index contributed by atoms with van der Waals surface area (Å²) in [6.45, 7) is 3.72. The molecule has 0 heterocycles. The minimum atomic E-state index is -0.766. The van der Waals surface area contributed by atoms with E-state index in [1.165, 1.54) is 20.3 Å². The van der Waals surface area contributed by atoms with Gasteiger partial charge in [0.05, 0.1) is 31.9 Å². The number of ether oxygens (including phenoxy) is 2. The van der Waals surface area contributed by atoms with Crippen LogP contribution < -0.4 is 15.2 Å². The van der Waals surface area contributed by atoms with E-state index in [2.05, 4.69) is 0 Å². The number of hydrogen-bond donors (Lipinski definition) is 3. The first-order valence-electron chi connectivity index (χ1n) is 5.80. The van der Waals surface area contributed by atoms with Crippen molar-refractivity contribution in [3.8, 4) is 17.2 Å². The van der Waals surface area contributed by atoms with Gasteiger partial charge >= 0.3 is 0 Å². The van der Waals surface area contributed by atoms with E-state index in [0.29, 0.717) is 17.1 Å². The normalized spacial score (nSPS) is 14.4. The Balaban J connectivity index is 3.22. The lowest BCUT2D eigenvalue weighted by Crippen LogP contribution is -2.30. The molecule has 2 atom stereocenters. The van der Waals surface area contributed by atoms with Crippen molar-refractivity contribution in [2.24, 2.45) is 11.7 Å². The highest BCUT2D eigenvalue weighted by molar-refractivity contribution is 5.51. The van der Waals surface area contributed by atoms with Crippen molar-refractivity contribution < 1.29 is 19.7 Å². The lowest BCUT2D eigenvalue weighted by Gasteiger charge is -2.25. The SMILES string of the molecule is COc1cc(O)c([C@@H](N)[C@@H](O)C(C)C)c(OC)c1. The molecule has 0 aliphatic rings. The van der Waals surface area contributed by atoms with Gasteiger partial charge in [-0.1, -0.05) is 13.8 Å². The number of benzene rings is 1. The van der Waals surface area contributed by atoms with Gasteiger partial charge in [0.2, 0.25) is 0 Å². The van der Waals surface area contributed by atoms with Crippen LogP contribution in [0, 0.1) is 5.92 Å². The zero-order chi connectivity index (χ0) is 13.9. The second kappa shape index (κ2) is 5.93. The molecule has 4 N–H and O–H groups in total. The molecule has 0 saturated carbocycles. The summed E-state index contributed by atoms with van der Waals surface area (Å²) in [4.78, 5) is 0. The fourth-order valence-corrected chi connectivity index (χ4v) is 1.79. The van der Waals surface area contributed by atoms with E-state index in [0.717, 1.165) is 0 Å². The number of aliphatic hydroxyl groups excluding tert-OH is 1. The molecule has 0 saturated heterocycles. The van der Waals surface area contributed by atoms with E-state index in [1.54, 1.807) is 6.07 Å². The summed E-state index contributed by atoms with van der Waals surface area (Å²) in [5, 5.41) is 20.0. The number of phenols is 1. The quantitative estimate of drug-likeness (QED) is 0.741. The van der Waals surface area contributed by atoms with Crippen LogP contribution in [0.2, 0.25) is 0 Å². The van der Waals surface area contributed by atoms with E-state index >= 15 is 0 Å². The summed E-state index contributed by atoms with van der Waals surface area (Å²) < 4.78 is 10.2. The van der Waals surface area contributed by atoms with Crippen molar-refractivity contribution in [2.75, 3.05) is 14.2 Å². The largest absolute Gasteiger partial charge is 0.507 e. The average Bonchev–Trinajstić information content (AvgIpc) is 2.35. The Bertz CT molecular complexity index is 406. The number of phenolic OH excluding ortho intramolecular Hbond substituents is 1. The summed E-state index contributed by atoms with van der Waals surface area (Å²) in [6, 6.07) is 2.36. The first kappa shape index (κ1) is 14.6. The van der Waals surface area contributed by atoms with Gasteiger partial charge in [0.1, 0.15) is 17.2 Å². The molecule has 0 bridgehead atoms. The maximum absolute atomic E-state index is 10.00. The molecule has 1 rings (SSSR count). The fourth-order valence-electron chi connectivity index (χ4n) is 1.79. The van der Waals surface area contributed by atoms with Gasteiger partial charge in [-0.25, -0.2) is 0 Å². The predicted octanol–water partition coefficient (Wildman–Crippen LogP) is 1.43. The molecule has 5 heteroatoms. The van der Waals surface area contributed by atoms with Gasteiger partial charge in [0, 0.05) is 12.1 Å². The number of methoxy groups -OCH3 is 2. The van der Waals surface area contributed by atoms with Crippen LogP contribution in [0.3, 0.4) is 0 Å². The van der Waals surface area contributed by atoms with Crippen molar-refractivity contribution in [1.82, 2.24) is 0 Å². The van der Waals surface area contributed by atoms with Crippen molar-refractivity contribution in [3.05, 3.63) is 17.7 Å². The Morgan fingerprint density at radius 3 is 2.22 bits per heavy atom. The van der Waals surface area contributed by atoms with Crippen molar-refractivity contribution in [1.29, 1.82) is 0 Å². The van der Waals surface area contributed by atoms with Gasteiger partial charge in [0.25, 0.3) is 0 Å². The molecule has 1 aromatic rings. The molecular weight excluding hydrogens is 234 g/mol. The predicted molar refractivity (Wildman–Crippen MR) is 69.0 cm³/mol. The molecule has 0 unspecified atom stereocenters. The molecule has 18 heavy (non-hydrogen) atoms. The minimum Gasteiger partial charge on any atom is -0.507 e. The van der Waals surface area contributed by atoms with Crippen molar-refractivity contribution >= 4 is 0 Å². The van der Waals surface area contributed by atoms with Gasteiger partial charge in [0.15, 0.2) is 0 Å².